The highest BCUT2D eigenvalue weighted by molar-refractivity contribution is 5.91. The Hall–Kier alpha value is -1.65. The predicted molar refractivity (Wildman–Crippen MR) is 140 cm³/mol. The number of rotatable bonds is 9. The van der Waals surface area contributed by atoms with E-state index in [4.69, 9.17) is 9.47 Å². The lowest BCUT2D eigenvalue weighted by atomic mass is 9.47. The molecule has 7 atom stereocenters. The van der Waals surface area contributed by atoms with E-state index in [1.54, 1.807) is 0 Å². The van der Waals surface area contributed by atoms with Crippen molar-refractivity contribution in [2.75, 3.05) is 6.61 Å². The lowest BCUT2D eigenvalue weighted by Gasteiger charge is -2.57. The van der Waals surface area contributed by atoms with Gasteiger partial charge in [-0.2, -0.15) is 0 Å². The summed E-state index contributed by atoms with van der Waals surface area (Å²) in [6.45, 7) is 9.14. The first kappa shape index (κ1) is 26.4. The average Bonchev–Trinajstić information content (AvgIpc) is 3.15. The van der Waals surface area contributed by atoms with Crippen molar-refractivity contribution in [2.24, 2.45) is 34.5 Å². The number of unbranched alkanes of at least 4 members (excludes halogenated alkanes) is 1. The third-order valence-electron chi connectivity index (χ3n) is 10.3. The zero-order chi connectivity index (χ0) is 25.2. The zero-order valence-corrected chi connectivity index (χ0v) is 22.4. The van der Waals surface area contributed by atoms with Gasteiger partial charge in [-0.15, -0.1) is 0 Å². The number of carbonyl (C=O) groups excluding carboxylic acids is 3. The van der Waals surface area contributed by atoms with E-state index < -0.39 is 0 Å². The van der Waals surface area contributed by atoms with Gasteiger partial charge in [0.1, 0.15) is 6.10 Å². The molecule has 5 nitrogen and oxygen atoms in total. The molecule has 0 aromatic heterocycles. The van der Waals surface area contributed by atoms with Crippen molar-refractivity contribution in [3.8, 4) is 0 Å². The number of ketones is 1. The van der Waals surface area contributed by atoms with Gasteiger partial charge in [0.15, 0.2) is 5.78 Å². The molecular formula is C30H50O5. The lowest BCUT2D eigenvalue weighted by Crippen LogP contribution is -2.51. The average molecular weight is 491 g/mol. The highest BCUT2D eigenvalue weighted by Gasteiger charge is 2.59. The summed E-state index contributed by atoms with van der Waals surface area (Å²) in [7, 11) is 0. The smallest absolute Gasteiger partial charge is 0.308 e. The summed E-state index contributed by atoms with van der Waals surface area (Å²) in [4.78, 5) is 36.6. The van der Waals surface area contributed by atoms with Crippen molar-refractivity contribution < 1.29 is 26.7 Å². The molecule has 7 unspecified atom stereocenters. The SMILES string of the molecule is CCCC(C)C(=O)OCCCCC(=O)OC1CCC2C3CCC4=CC(=O)CCC4(C)C3CCC12C.[HH].[HH]. The Labute approximate surface area is 214 Å². The van der Waals surface area contributed by atoms with E-state index in [1.807, 2.05) is 13.0 Å². The first-order chi connectivity index (χ1) is 16.7. The third-order valence-corrected chi connectivity index (χ3v) is 10.3. The van der Waals surface area contributed by atoms with Crippen LogP contribution in [0, 0.1) is 34.5 Å². The van der Waals surface area contributed by atoms with E-state index >= 15 is 0 Å². The quantitative estimate of drug-likeness (QED) is 0.255. The van der Waals surface area contributed by atoms with E-state index in [1.165, 1.54) is 18.4 Å². The molecule has 5 heteroatoms. The molecule has 4 aliphatic rings. The van der Waals surface area contributed by atoms with Crippen LogP contribution in [0.25, 0.3) is 0 Å². The maximum Gasteiger partial charge on any atom is 0.308 e. The van der Waals surface area contributed by atoms with Crippen molar-refractivity contribution in [3.05, 3.63) is 11.6 Å². The summed E-state index contributed by atoms with van der Waals surface area (Å²) < 4.78 is 11.5. The van der Waals surface area contributed by atoms with Crippen LogP contribution in [0.4, 0.5) is 0 Å². The Morgan fingerprint density at radius 3 is 2.66 bits per heavy atom. The number of hydrogen-bond acceptors (Lipinski definition) is 5. The second-order valence-electron chi connectivity index (χ2n) is 12.4. The van der Waals surface area contributed by atoms with Gasteiger partial charge in [0, 0.05) is 21.1 Å². The number of fused-ring (bicyclic) bond motifs is 5. The Morgan fingerprint density at radius 1 is 1.09 bits per heavy atom. The Morgan fingerprint density at radius 2 is 1.89 bits per heavy atom. The molecule has 3 saturated carbocycles. The van der Waals surface area contributed by atoms with Crippen LogP contribution in [0.3, 0.4) is 0 Å². The predicted octanol–water partition coefficient (Wildman–Crippen LogP) is 7.07. The number of carbonyl (C=O) groups is 3. The molecule has 35 heavy (non-hydrogen) atoms. The van der Waals surface area contributed by atoms with E-state index in [0.29, 0.717) is 55.8 Å². The molecule has 0 amide bonds. The largest absolute Gasteiger partial charge is 0.465 e. The second kappa shape index (κ2) is 10.8. The molecule has 4 rings (SSSR count). The van der Waals surface area contributed by atoms with Crippen LogP contribution in [-0.2, 0) is 23.9 Å². The van der Waals surface area contributed by atoms with E-state index in [0.717, 1.165) is 44.9 Å². The number of allylic oxidation sites excluding steroid dienone is 1. The Balaban J connectivity index is 0.00000241. The maximum atomic E-state index is 12.7. The van der Waals surface area contributed by atoms with Crippen molar-refractivity contribution >= 4 is 17.7 Å². The summed E-state index contributed by atoms with van der Waals surface area (Å²) in [6.07, 6.45) is 14.0. The minimum atomic E-state index is -0.131. The van der Waals surface area contributed by atoms with Crippen molar-refractivity contribution in [2.45, 2.75) is 117 Å². The molecule has 0 aliphatic heterocycles. The van der Waals surface area contributed by atoms with Crippen LogP contribution in [0.1, 0.15) is 114 Å². The van der Waals surface area contributed by atoms with Gasteiger partial charge >= 0.3 is 11.9 Å². The first-order valence-electron chi connectivity index (χ1n) is 14.3. The third kappa shape index (κ3) is 5.25. The molecule has 200 valence electrons. The summed E-state index contributed by atoms with van der Waals surface area (Å²) in [5.41, 5.74) is 1.67. The molecule has 0 bridgehead atoms. The second-order valence-corrected chi connectivity index (χ2v) is 12.4. The van der Waals surface area contributed by atoms with Gasteiger partial charge < -0.3 is 9.47 Å². The number of hydrogen-bond donors (Lipinski definition) is 0. The highest BCUT2D eigenvalue weighted by Crippen LogP contribution is 2.65. The van der Waals surface area contributed by atoms with Crippen LogP contribution in [0.15, 0.2) is 11.6 Å². The fourth-order valence-electron chi connectivity index (χ4n) is 8.16. The lowest BCUT2D eigenvalue weighted by molar-refractivity contribution is -0.160. The first-order valence-corrected chi connectivity index (χ1v) is 14.3. The monoisotopic (exact) mass is 490 g/mol. The summed E-state index contributed by atoms with van der Waals surface area (Å²) in [5, 5.41) is 0. The molecule has 4 aliphatic carbocycles. The fraction of sp³-hybridized carbons (Fsp3) is 0.833. The van der Waals surface area contributed by atoms with Gasteiger partial charge in [-0.05, 0) is 93.5 Å². The molecule has 0 radical (unpaired) electrons. The standard InChI is InChI=1S/C30H46O5.2H2/c1-5-8-20(2)28(33)34-18-7-6-9-27(32)35-26-13-12-24-23-11-10-21-19-22(31)14-16-29(21,3)25(23)15-17-30(24,26)4;;/h19-20,23-26H,5-18H2,1-4H3;2*1H. The molecule has 0 spiro atoms. The van der Waals surface area contributed by atoms with Crippen molar-refractivity contribution in [3.63, 3.8) is 0 Å². The molecule has 0 heterocycles. The maximum absolute atomic E-state index is 12.7. The molecule has 0 saturated heterocycles. The summed E-state index contributed by atoms with van der Waals surface area (Å²) >= 11 is 0. The van der Waals surface area contributed by atoms with Gasteiger partial charge in [-0.3, -0.25) is 14.4 Å². The molecule has 0 aromatic carbocycles. The van der Waals surface area contributed by atoms with Gasteiger partial charge in [0.05, 0.1) is 12.5 Å². The van der Waals surface area contributed by atoms with Crippen LogP contribution in [0.5, 0.6) is 0 Å². The highest BCUT2D eigenvalue weighted by atomic mass is 16.5. The van der Waals surface area contributed by atoms with Gasteiger partial charge in [0.2, 0.25) is 0 Å². The number of ether oxygens (including phenoxy) is 2. The summed E-state index contributed by atoms with van der Waals surface area (Å²) in [6, 6.07) is 0. The van der Waals surface area contributed by atoms with Crippen LogP contribution < -0.4 is 0 Å². The van der Waals surface area contributed by atoms with Crippen LogP contribution >= 0.6 is 0 Å². The van der Waals surface area contributed by atoms with Crippen LogP contribution in [-0.4, -0.2) is 30.4 Å². The van der Waals surface area contributed by atoms with E-state index in [9.17, 15) is 14.4 Å². The van der Waals surface area contributed by atoms with Gasteiger partial charge in [-0.1, -0.05) is 39.7 Å². The van der Waals surface area contributed by atoms with Gasteiger partial charge in [-0.25, -0.2) is 0 Å². The van der Waals surface area contributed by atoms with Gasteiger partial charge in [0.25, 0.3) is 0 Å². The van der Waals surface area contributed by atoms with Crippen LogP contribution in [0.2, 0.25) is 0 Å². The Bertz CT molecular complexity index is 857. The molecule has 3 fully saturated rings. The number of esters is 2. The Kier molecular flexibility index (Phi) is 8.12. The van der Waals surface area contributed by atoms with E-state index in [-0.39, 0.29) is 37.6 Å². The fourth-order valence-corrected chi connectivity index (χ4v) is 8.16. The van der Waals surface area contributed by atoms with Crippen molar-refractivity contribution in [1.82, 2.24) is 0 Å². The molecule has 0 N–H and O–H groups in total. The van der Waals surface area contributed by atoms with E-state index in [2.05, 4.69) is 20.8 Å². The molecule has 0 aromatic rings. The normalized spacial score (nSPS) is 36.9. The summed E-state index contributed by atoms with van der Waals surface area (Å²) in [5.74, 6) is 1.98. The minimum absolute atomic E-state index is 0. The minimum Gasteiger partial charge on any atom is -0.465 e. The zero-order valence-electron chi connectivity index (χ0n) is 22.4. The topological polar surface area (TPSA) is 69.7 Å². The molecular weight excluding hydrogens is 440 g/mol. The van der Waals surface area contributed by atoms with Crippen molar-refractivity contribution in [1.29, 1.82) is 0 Å².